The number of alkyl carbamates (subject to hydrolysis) is 1. The average Bonchev–Trinajstić information content (AvgIpc) is 2.85. The highest BCUT2D eigenvalue weighted by atomic mass is 35.5. The van der Waals surface area contributed by atoms with Crippen LogP contribution in [-0.2, 0) is 23.2 Å². The van der Waals surface area contributed by atoms with Crippen LogP contribution in [0.25, 0.3) is 0 Å². The number of nitrogens with zero attached hydrogens (tertiary/aromatic N) is 2. The predicted octanol–water partition coefficient (Wildman–Crippen LogP) is 2.52. The molecule has 2 N–H and O–H groups in total. The predicted molar refractivity (Wildman–Crippen MR) is 83.0 cm³/mol. The molecule has 1 atom stereocenters. The summed E-state index contributed by atoms with van der Waals surface area (Å²) in [6.45, 7) is 0.0905. The number of ether oxygens (including phenoxy) is 1. The highest BCUT2D eigenvalue weighted by molar-refractivity contribution is 6.30. The molecular weight excluding hydrogens is 322 g/mol. The van der Waals surface area contributed by atoms with Crippen molar-refractivity contribution < 1.29 is 19.4 Å². The molecule has 23 heavy (non-hydrogen) atoms. The lowest BCUT2D eigenvalue weighted by Gasteiger charge is -2.16. The van der Waals surface area contributed by atoms with Crippen molar-refractivity contribution in [3.63, 3.8) is 0 Å². The summed E-state index contributed by atoms with van der Waals surface area (Å²) in [4.78, 5) is 22.9. The Labute approximate surface area is 137 Å². The summed E-state index contributed by atoms with van der Waals surface area (Å²) in [5.41, 5.74) is 1.25. The van der Waals surface area contributed by atoms with Gasteiger partial charge in [0.2, 0.25) is 0 Å². The molecule has 1 amide bonds. The Morgan fingerprint density at radius 1 is 1.39 bits per heavy atom. The third-order valence-corrected chi connectivity index (χ3v) is 3.61. The maximum Gasteiger partial charge on any atom is 0.407 e. The Hall–Kier alpha value is -2.54. The lowest BCUT2D eigenvalue weighted by molar-refractivity contribution is -0.137. The molecule has 0 saturated heterocycles. The van der Waals surface area contributed by atoms with Gasteiger partial charge in [-0.05, 0) is 5.56 Å². The summed E-state index contributed by atoms with van der Waals surface area (Å²) in [6.07, 6.45) is 0.374. The second-order valence-electron chi connectivity index (χ2n) is 4.87. The second kappa shape index (κ2) is 7.64. The van der Waals surface area contributed by atoms with Gasteiger partial charge in [-0.2, -0.15) is 5.10 Å². The molecule has 0 aliphatic rings. The first kappa shape index (κ1) is 16.8. The number of hydrogen-bond donors (Lipinski definition) is 2. The quantitative estimate of drug-likeness (QED) is 0.844. The van der Waals surface area contributed by atoms with E-state index in [1.54, 1.807) is 7.05 Å². The van der Waals surface area contributed by atoms with E-state index in [-0.39, 0.29) is 18.2 Å². The van der Waals surface area contributed by atoms with Crippen molar-refractivity contribution in [3.8, 4) is 0 Å². The standard InChI is InChI=1S/C15H16ClN3O4/c1-19-14(16)11(8-17-19)12(7-13(20)21)18-15(22)23-9-10-5-3-2-4-6-10/h2-6,8,12H,7,9H2,1H3,(H,18,22)(H,20,21)/t12-/m0/s1. The minimum Gasteiger partial charge on any atom is -0.481 e. The van der Waals surface area contributed by atoms with Gasteiger partial charge in [-0.3, -0.25) is 9.48 Å². The number of carbonyl (C=O) groups excluding carboxylic acids is 1. The minimum absolute atomic E-state index is 0.0905. The fourth-order valence-corrected chi connectivity index (χ4v) is 2.22. The summed E-state index contributed by atoms with van der Waals surface area (Å²) >= 11 is 6.06. The highest BCUT2D eigenvalue weighted by Gasteiger charge is 2.23. The number of aryl methyl sites for hydroxylation is 1. The van der Waals surface area contributed by atoms with Crippen molar-refractivity contribution in [1.82, 2.24) is 15.1 Å². The Bertz CT molecular complexity index is 687. The van der Waals surface area contributed by atoms with Gasteiger partial charge >= 0.3 is 12.1 Å². The maximum atomic E-state index is 11.9. The smallest absolute Gasteiger partial charge is 0.407 e. The van der Waals surface area contributed by atoms with Gasteiger partial charge in [0.15, 0.2) is 0 Å². The summed E-state index contributed by atoms with van der Waals surface area (Å²) in [7, 11) is 1.62. The minimum atomic E-state index is -1.07. The molecule has 8 heteroatoms. The summed E-state index contributed by atoms with van der Waals surface area (Å²) in [5, 5.41) is 15.7. The zero-order chi connectivity index (χ0) is 16.8. The molecule has 0 aliphatic carbocycles. The molecule has 122 valence electrons. The van der Waals surface area contributed by atoms with Crippen molar-refractivity contribution in [2.24, 2.45) is 7.05 Å². The zero-order valence-corrected chi connectivity index (χ0v) is 13.2. The van der Waals surface area contributed by atoms with Crippen molar-refractivity contribution in [1.29, 1.82) is 0 Å². The molecule has 2 rings (SSSR count). The number of carbonyl (C=O) groups is 2. The monoisotopic (exact) mass is 337 g/mol. The lowest BCUT2D eigenvalue weighted by Crippen LogP contribution is -2.30. The van der Waals surface area contributed by atoms with E-state index in [1.807, 2.05) is 30.3 Å². The first-order valence-electron chi connectivity index (χ1n) is 6.83. The molecular formula is C15H16ClN3O4. The number of benzene rings is 1. The largest absolute Gasteiger partial charge is 0.481 e. The molecule has 0 bridgehead atoms. The van der Waals surface area contributed by atoms with Gasteiger partial charge in [-0.15, -0.1) is 0 Å². The number of aliphatic carboxylic acids is 1. The summed E-state index contributed by atoms with van der Waals surface area (Å²) < 4.78 is 6.49. The fourth-order valence-electron chi connectivity index (χ4n) is 1.99. The Kier molecular flexibility index (Phi) is 5.59. The van der Waals surface area contributed by atoms with Crippen molar-refractivity contribution >= 4 is 23.7 Å². The number of amides is 1. The van der Waals surface area contributed by atoms with Crippen LogP contribution in [0.5, 0.6) is 0 Å². The molecule has 0 fully saturated rings. The first-order valence-corrected chi connectivity index (χ1v) is 7.21. The van der Waals surface area contributed by atoms with Crippen LogP contribution in [0.15, 0.2) is 36.5 Å². The number of aromatic nitrogens is 2. The molecule has 1 heterocycles. The van der Waals surface area contributed by atoms with Gasteiger partial charge in [0, 0.05) is 12.6 Å². The third kappa shape index (κ3) is 4.72. The number of rotatable bonds is 6. The fraction of sp³-hybridized carbons (Fsp3) is 0.267. The number of halogens is 1. The van der Waals surface area contributed by atoms with Gasteiger partial charge in [0.1, 0.15) is 11.8 Å². The van der Waals surface area contributed by atoms with Crippen LogP contribution >= 0.6 is 11.6 Å². The van der Waals surface area contributed by atoms with E-state index in [0.29, 0.717) is 5.56 Å². The van der Waals surface area contributed by atoms with Crippen LogP contribution in [0.3, 0.4) is 0 Å². The van der Waals surface area contributed by atoms with Gasteiger partial charge in [0.25, 0.3) is 0 Å². The summed E-state index contributed by atoms with van der Waals surface area (Å²) in [5.74, 6) is -1.07. The van der Waals surface area contributed by atoms with Crippen LogP contribution < -0.4 is 5.32 Å². The van der Waals surface area contributed by atoms with E-state index in [1.165, 1.54) is 10.9 Å². The molecule has 7 nitrogen and oxygen atoms in total. The number of nitrogens with one attached hydrogen (secondary N) is 1. The van der Waals surface area contributed by atoms with E-state index in [2.05, 4.69) is 10.4 Å². The first-order chi connectivity index (χ1) is 11.0. The lowest BCUT2D eigenvalue weighted by atomic mass is 10.1. The molecule has 0 saturated carbocycles. The van der Waals surface area contributed by atoms with E-state index >= 15 is 0 Å². The molecule has 2 aromatic rings. The Morgan fingerprint density at radius 2 is 2.09 bits per heavy atom. The second-order valence-corrected chi connectivity index (χ2v) is 5.23. The van der Waals surface area contributed by atoms with Crippen LogP contribution in [0.1, 0.15) is 23.6 Å². The molecule has 1 aromatic carbocycles. The normalized spacial score (nSPS) is 11.7. The van der Waals surface area contributed by atoms with Crippen LogP contribution in [0, 0.1) is 0 Å². The topological polar surface area (TPSA) is 93.5 Å². The number of carboxylic acids is 1. The van der Waals surface area contributed by atoms with Crippen molar-refractivity contribution in [2.45, 2.75) is 19.1 Å². The molecule has 0 radical (unpaired) electrons. The number of carboxylic acid groups (broad SMARTS) is 1. The van der Waals surface area contributed by atoms with E-state index in [0.717, 1.165) is 5.56 Å². The average molecular weight is 338 g/mol. The van der Waals surface area contributed by atoms with Crippen molar-refractivity contribution in [3.05, 3.63) is 52.8 Å². The Morgan fingerprint density at radius 3 is 2.65 bits per heavy atom. The number of hydrogen-bond acceptors (Lipinski definition) is 4. The Balaban J connectivity index is 2.01. The highest BCUT2D eigenvalue weighted by Crippen LogP contribution is 2.24. The molecule has 0 spiro atoms. The molecule has 0 aliphatic heterocycles. The van der Waals surface area contributed by atoms with Gasteiger partial charge in [0.05, 0.1) is 18.7 Å². The zero-order valence-electron chi connectivity index (χ0n) is 12.4. The SMILES string of the molecule is Cn1ncc([C@H](CC(=O)O)NC(=O)OCc2ccccc2)c1Cl. The van der Waals surface area contributed by atoms with Gasteiger partial charge in [-0.25, -0.2) is 4.79 Å². The van der Waals surface area contributed by atoms with Crippen LogP contribution in [0.4, 0.5) is 4.79 Å². The van der Waals surface area contributed by atoms with E-state index in [4.69, 9.17) is 21.4 Å². The van der Waals surface area contributed by atoms with Crippen molar-refractivity contribution in [2.75, 3.05) is 0 Å². The molecule has 0 unspecified atom stereocenters. The third-order valence-electron chi connectivity index (χ3n) is 3.15. The van der Waals surface area contributed by atoms with Gasteiger partial charge < -0.3 is 15.2 Å². The molecule has 1 aromatic heterocycles. The maximum absolute atomic E-state index is 11.9. The van der Waals surface area contributed by atoms with Crippen LogP contribution in [-0.4, -0.2) is 26.9 Å². The van der Waals surface area contributed by atoms with Gasteiger partial charge in [-0.1, -0.05) is 41.9 Å². The van der Waals surface area contributed by atoms with E-state index in [9.17, 15) is 9.59 Å². The van der Waals surface area contributed by atoms with E-state index < -0.39 is 18.1 Å². The summed E-state index contributed by atoms with van der Waals surface area (Å²) in [6, 6.07) is 8.34. The van der Waals surface area contributed by atoms with Crippen LogP contribution in [0.2, 0.25) is 5.15 Å².